The molecule has 2 aliphatic rings. The number of hydrogen-bond acceptors (Lipinski definition) is 6. The number of aromatic nitrogens is 2. The lowest BCUT2D eigenvalue weighted by Crippen LogP contribution is -2.53. The first-order valence-corrected chi connectivity index (χ1v) is 9.48. The molecule has 8 heteroatoms. The van der Waals surface area contributed by atoms with Crippen molar-refractivity contribution in [3.8, 4) is 0 Å². The number of hydrogen-bond donors (Lipinski definition) is 2. The molecule has 1 aliphatic carbocycles. The maximum absolute atomic E-state index is 12.3. The Bertz CT molecular complexity index is 733. The Morgan fingerprint density at radius 2 is 1.93 bits per heavy atom. The molecular formula is C19H27N5O3. The Labute approximate surface area is 158 Å². The molecule has 146 valence electrons. The van der Waals surface area contributed by atoms with E-state index in [1.165, 1.54) is 6.33 Å². The van der Waals surface area contributed by atoms with Crippen LogP contribution in [-0.2, 0) is 9.59 Å². The quantitative estimate of drug-likeness (QED) is 0.727. The smallest absolute Gasteiger partial charge is 0.289 e. The van der Waals surface area contributed by atoms with Crippen molar-refractivity contribution in [1.29, 1.82) is 0 Å². The first-order chi connectivity index (χ1) is 12.8. The summed E-state index contributed by atoms with van der Waals surface area (Å²) in [6.45, 7) is 5.19. The normalized spacial score (nSPS) is 19.0. The first-order valence-electron chi connectivity index (χ1n) is 9.48. The number of nitrogens with zero attached hydrogens (tertiary/aromatic N) is 3. The summed E-state index contributed by atoms with van der Waals surface area (Å²) < 4.78 is 0. The van der Waals surface area contributed by atoms with Gasteiger partial charge in [0.25, 0.3) is 11.8 Å². The number of rotatable bonds is 6. The van der Waals surface area contributed by atoms with Gasteiger partial charge in [0.2, 0.25) is 5.78 Å². The number of piperidine rings is 1. The molecule has 1 aromatic rings. The summed E-state index contributed by atoms with van der Waals surface area (Å²) in [4.78, 5) is 45.1. The topological polar surface area (TPSA) is 118 Å². The summed E-state index contributed by atoms with van der Waals surface area (Å²) in [5, 5.41) is 3.33. The van der Waals surface area contributed by atoms with Crippen molar-refractivity contribution in [2.45, 2.75) is 52.0 Å². The Kier molecular flexibility index (Phi) is 5.43. The summed E-state index contributed by atoms with van der Waals surface area (Å²) in [5.41, 5.74) is 5.67. The van der Waals surface area contributed by atoms with E-state index < -0.39 is 5.91 Å². The molecule has 2 heterocycles. The number of carbonyl (C=O) groups is 3. The summed E-state index contributed by atoms with van der Waals surface area (Å²) >= 11 is 0. The van der Waals surface area contributed by atoms with Gasteiger partial charge in [-0.15, -0.1) is 0 Å². The van der Waals surface area contributed by atoms with Crippen LogP contribution in [0.2, 0.25) is 0 Å². The lowest BCUT2D eigenvalue weighted by Gasteiger charge is -2.52. The fourth-order valence-electron chi connectivity index (χ4n) is 4.09. The molecule has 1 spiro atoms. The zero-order valence-electron chi connectivity index (χ0n) is 15.9. The molecule has 3 N–H and O–H groups in total. The SMILES string of the molecule is CC(C)CC(=O)C(=O)N1CCC2(CC1)CC(Nc1cc(C(N)=O)ncn1)C2. The molecule has 1 saturated heterocycles. The third kappa shape index (κ3) is 4.43. The number of likely N-dealkylation sites (tertiary alicyclic amines) is 1. The van der Waals surface area contributed by atoms with Crippen molar-refractivity contribution >= 4 is 23.4 Å². The van der Waals surface area contributed by atoms with Crippen LogP contribution in [0.4, 0.5) is 5.82 Å². The average molecular weight is 373 g/mol. The van der Waals surface area contributed by atoms with Crippen molar-refractivity contribution in [3.05, 3.63) is 18.1 Å². The van der Waals surface area contributed by atoms with E-state index in [1.54, 1.807) is 11.0 Å². The van der Waals surface area contributed by atoms with Crippen LogP contribution in [0.25, 0.3) is 0 Å². The highest BCUT2D eigenvalue weighted by atomic mass is 16.2. The van der Waals surface area contributed by atoms with Crippen LogP contribution in [0.3, 0.4) is 0 Å². The van der Waals surface area contributed by atoms with E-state index in [4.69, 9.17) is 5.73 Å². The average Bonchev–Trinajstić information content (AvgIpc) is 2.60. The van der Waals surface area contributed by atoms with Gasteiger partial charge in [0.1, 0.15) is 17.8 Å². The van der Waals surface area contributed by atoms with Gasteiger partial charge in [-0.1, -0.05) is 13.8 Å². The van der Waals surface area contributed by atoms with Gasteiger partial charge < -0.3 is 16.0 Å². The van der Waals surface area contributed by atoms with E-state index in [-0.39, 0.29) is 34.8 Å². The first kappa shape index (κ1) is 19.3. The summed E-state index contributed by atoms with van der Waals surface area (Å²) in [6, 6.07) is 1.85. The van der Waals surface area contributed by atoms with Crippen molar-refractivity contribution < 1.29 is 14.4 Å². The third-order valence-corrected chi connectivity index (χ3v) is 5.57. The van der Waals surface area contributed by atoms with Crippen molar-refractivity contribution in [3.63, 3.8) is 0 Å². The minimum Gasteiger partial charge on any atom is -0.367 e. The fourth-order valence-corrected chi connectivity index (χ4v) is 4.09. The summed E-state index contributed by atoms with van der Waals surface area (Å²) in [5.74, 6) is -0.372. The second kappa shape index (κ2) is 7.62. The van der Waals surface area contributed by atoms with Crippen molar-refractivity contribution in [2.24, 2.45) is 17.1 Å². The Balaban J connectivity index is 1.47. The second-order valence-electron chi connectivity index (χ2n) is 8.22. The minimum absolute atomic E-state index is 0.194. The van der Waals surface area contributed by atoms with Crippen molar-refractivity contribution in [1.82, 2.24) is 14.9 Å². The maximum atomic E-state index is 12.3. The number of ketones is 1. The van der Waals surface area contributed by atoms with Gasteiger partial charge in [-0.2, -0.15) is 0 Å². The number of amides is 2. The summed E-state index contributed by atoms with van der Waals surface area (Å²) in [7, 11) is 0. The molecule has 0 bridgehead atoms. The molecule has 8 nitrogen and oxygen atoms in total. The van der Waals surface area contributed by atoms with Gasteiger partial charge in [0, 0.05) is 31.6 Å². The molecule has 0 radical (unpaired) electrons. The zero-order valence-corrected chi connectivity index (χ0v) is 15.9. The zero-order chi connectivity index (χ0) is 19.6. The van der Waals surface area contributed by atoms with E-state index in [0.717, 1.165) is 25.7 Å². The van der Waals surface area contributed by atoms with Crippen LogP contribution in [0, 0.1) is 11.3 Å². The van der Waals surface area contributed by atoms with E-state index in [1.807, 2.05) is 13.8 Å². The number of nitrogens with two attached hydrogens (primary N) is 1. The Morgan fingerprint density at radius 3 is 2.52 bits per heavy atom. The Hall–Kier alpha value is -2.51. The van der Waals surface area contributed by atoms with E-state index >= 15 is 0 Å². The number of primary amides is 1. The number of carbonyl (C=O) groups excluding carboxylic acids is 3. The third-order valence-electron chi connectivity index (χ3n) is 5.57. The van der Waals surface area contributed by atoms with Crippen LogP contribution in [-0.4, -0.2) is 51.6 Å². The molecule has 1 saturated carbocycles. The van der Waals surface area contributed by atoms with Crippen LogP contribution < -0.4 is 11.1 Å². The molecular weight excluding hydrogens is 346 g/mol. The Morgan fingerprint density at radius 1 is 1.26 bits per heavy atom. The highest BCUT2D eigenvalue weighted by molar-refractivity contribution is 6.36. The molecule has 1 aromatic heterocycles. The monoisotopic (exact) mass is 373 g/mol. The minimum atomic E-state index is -0.574. The van der Waals surface area contributed by atoms with E-state index in [2.05, 4.69) is 15.3 Å². The highest BCUT2D eigenvalue weighted by Gasteiger charge is 2.46. The number of Topliss-reactive ketones (excluding diaryl/α,β-unsaturated/α-hetero) is 1. The largest absolute Gasteiger partial charge is 0.367 e. The van der Waals surface area contributed by atoms with Gasteiger partial charge in [-0.25, -0.2) is 9.97 Å². The molecule has 0 unspecified atom stereocenters. The van der Waals surface area contributed by atoms with Crippen LogP contribution in [0.1, 0.15) is 56.4 Å². The molecule has 1 aliphatic heterocycles. The molecule has 3 rings (SSSR count). The van der Waals surface area contributed by atoms with Crippen LogP contribution >= 0.6 is 0 Å². The van der Waals surface area contributed by atoms with E-state index in [0.29, 0.717) is 25.3 Å². The lowest BCUT2D eigenvalue weighted by molar-refractivity contribution is -0.147. The predicted molar refractivity (Wildman–Crippen MR) is 99.9 cm³/mol. The van der Waals surface area contributed by atoms with Crippen LogP contribution in [0.15, 0.2) is 12.4 Å². The molecule has 2 amide bonds. The van der Waals surface area contributed by atoms with Gasteiger partial charge in [0.05, 0.1) is 0 Å². The lowest BCUT2D eigenvalue weighted by atomic mass is 9.60. The predicted octanol–water partition coefficient (Wildman–Crippen LogP) is 1.37. The maximum Gasteiger partial charge on any atom is 0.289 e. The van der Waals surface area contributed by atoms with Gasteiger partial charge >= 0.3 is 0 Å². The number of nitrogens with one attached hydrogen (secondary N) is 1. The standard InChI is InChI=1S/C19H27N5O3/c1-12(2)7-15(25)18(27)24-5-3-19(4-6-24)9-13(10-19)23-16-8-14(17(20)26)21-11-22-16/h8,11-13H,3-7,9-10H2,1-2H3,(H2,20,26)(H,21,22,23). The van der Waals surface area contributed by atoms with E-state index in [9.17, 15) is 14.4 Å². The van der Waals surface area contributed by atoms with Crippen molar-refractivity contribution in [2.75, 3.05) is 18.4 Å². The fraction of sp³-hybridized carbons (Fsp3) is 0.632. The molecule has 27 heavy (non-hydrogen) atoms. The second-order valence-corrected chi connectivity index (χ2v) is 8.22. The molecule has 0 aromatic carbocycles. The molecule has 2 fully saturated rings. The van der Waals surface area contributed by atoms with Gasteiger partial charge in [-0.3, -0.25) is 14.4 Å². The number of anilines is 1. The summed E-state index contributed by atoms with van der Waals surface area (Å²) in [6.07, 6.45) is 5.47. The van der Waals surface area contributed by atoms with Crippen LogP contribution in [0.5, 0.6) is 0 Å². The highest BCUT2D eigenvalue weighted by Crippen LogP contribution is 2.49. The molecule has 0 atom stereocenters. The van der Waals surface area contributed by atoms with Gasteiger partial charge in [-0.05, 0) is 37.0 Å². The van der Waals surface area contributed by atoms with Gasteiger partial charge in [0.15, 0.2) is 0 Å².